The second-order valence-corrected chi connectivity index (χ2v) is 3.06. The molecule has 0 aliphatic carbocycles. The average molecular weight is 191 g/mol. The highest BCUT2D eigenvalue weighted by Gasteiger charge is 1.98. The summed E-state index contributed by atoms with van der Waals surface area (Å²) in [6.45, 7) is 4.60. The van der Waals surface area contributed by atoms with Gasteiger partial charge in [-0.25, -0.2) is 0 Å². The Labute approximate surface area is 85.4 Å². The van der Waals surface area contributed by atoms with Crippen molar-refractivity contribution < 1.29 is 4.74 Å². The minimum Gasteiger partial charge on any atom is -0.462 e. The van der Waals surface area contributed by atoms with E-state index in [4.69, 9.17) is 10.5 Å². The molecule has 1 rings (SSSR count). The number of ether oxygens (including phenoxy) is 1. The van der Waals surface area contributed by atoms with Crippen molar-refractivity contribution in [3.05, 3.63) is 41.7 Å². The van der Waals surface area contributed by atoms with Crippen LogP contribution in [0.2, 0.25) is 0 Å². The van der Waals surface area contributed by atoms with E-state index in [2.05, 4.69) is 6.92 Å². The summed E-state index contributed by atoms with van der Waals surface area (Å²) in [6, 6.07) is 7.87. The molecule has 0 radical (unpaired) electrons. The maximum atomic E-state index is 5.66. The summed E-state index contributed by atoms with van der Waals surface area (Å²) in [6.07, 6.45) is 2.89. The molecule has 2 heteroatoms. The number of hydrogen-bond donors (Lipinski definition) is 1. The van der Waals surface area contributed by atoms with E-state index in [-0.39, 0.29) is 0 Å². The Morgan fingerprint density at radius 1 is 1.50 bits per heavy atom. The van der Waals surface area contributed by atoms with E-state index >= 15 is 0 Å². The van der Waals surface area contributed by atoms with Crippen LogP contribution in [0.25, 0.3) is 0 Å². The summed E-state index contributed by atoms with van der Waals surface area (Å²) in [5, 5.41) is 0. The maximum Gasteiger partial charge on any atom is 0.127 e. The van der Waals surface area contributed by atoms with Crippen molar-refractivity contribution in [3.8, 4) is 5.75 Å². The SMILES string of the molecule is CC=C(CC)Oc1cccc(CN)c1. The predicted molar refractivity (Wildman–Crippen MR) is 59.0 cm³/mol. The van der Waals surface area contributed by atoms with Gasteiger partial charge in [-0.2, -0.15) is 0 Å². The quantitative estimate of drug-likeness (QED) is 0.743. The summed E-state index contributed by atoms with van der Waals surface area (Å²) in [5.74, 6) is 1.85. The van der Waals surface area contributed by atoms with Crippen molar-refractivity contribution in [1.29, 1.82) is 0 Å². The van der Waals surface area contributed by atoms with Crippen LogP contribution in [0.1, 0.15) is 25.8 Å². The third kappa shape index (κ3) is 2.89. The van der Waals surface area contributed by atoms with Crippen LogP contribution in [0.3, 0.4) is 0 Å². The van der Waals surface area contributed by atoms with E-state index in [1.165, 1.54) is 0 Å². The topological polar surface area (TPSA) is 35.2 Å². The molecule has 0 aliphatic rings. The molecule has 1 aromatic rings. The predicted octanol–water partition coefficient (Wildman–Crippen LogP) is 2.84. The van der Waals surface area contributed by atoms with E-state index in [0.717, 1.165) is 23.5 Å². The second-order valence-electron chi connectivity index (χ2n) is 3.06. The first-order chi connectivity index (χ1) is 6.80. The molecule has 0 fully saturated rings. The van der Waals surface area contributed by atoms with Gasteiger partial charge in [-0.15, -0.1) is 0 Å². The first-order valence-corrected chi connectivity index (χ1v) is 4.92. The van der Waals surface area contributed by atoms with Crippen LogP contribution in [-0.4, -0.2) is 0 Å². The Hall–Kier alpha value is -1.28. The van der Waals surface area contributed by atoms with Crippen LogP contribution in [-0.2, 0) is 6.54 Å². The molecule has 0 amide bonds. The molecule has 0 unspecified atom stereocenters. The van der Waals surface area contributed by atoms with E-state index < -0.39 is 0 Å². The van der Waals surface area contributed by atoms with Crippen LogP contribution in [0, 0.1) is 0 Å². The molecule has 0 saturated carbocycles. The van der Waals surface area contributed by atoms with E-state index in [9.17, 15) is 0 Å². The Kier molecular flexibility index (Phi) is 4.20. The lowest BCUT2D eigenvalue weighted by atomic mass is 10.2. The Morgan fingerprint density at radius 3 is 2.86 bits per heavy atom. The van der Waals surface area contributed by atoms with Crippen LogP contribution in [0.5, 0.6) is 5.75 Å². The highest BCUT2D eigenvalue weighted by molar-refractivity contribution is 5.29. The van der Waals surface area contributed by atoms with Crippen molar-refractivity contribution in [3.63, 3.8) is 0 Å². The van der Waals surface area contributed by atoms with Gasteiger partial charge in [0.2, 0.25) is 0 Å². The Morgan fingerprint density at radius 2 is 2.29 bits per heavy atom. The molecule has 0 heterocycles. The van der Waals surface area contributed by atoms with Gasteiger partial charge in [0.25, 0.3) is 0 Å². The second kappa shape index (κ2) is 5.45. The number of nitrogens with two attached hydrogens (primary N) is 1. The first kappa shape index (κ1) is 10.8. The first-order valence-electron chi connectivity index (χ1n) is 4.92. The molecule has 2 N–H and O–H groups in total. The molecule has 0 bridgehead atoms. The van der Waals surface area contributed by atoms with Gasteiger partial charge in [0.1, 0.15) is 5.75 Å². The van der Waals surface area contributed by atoms with Crippen molar-refractivity contribution in [1.82, 2.24) is 0 Å². The summed E-state index contributed by atoms with van der Waals surface area (Å²) in [7, 11) is 0. The van der Waals surface area contributed by atoms with Gasteiger partial charge in [0.15, 0.2) is 0 Å². The number of benzene rings is 1. The lowest BCUT2D eigenvalue weighted by Crippen LogP contribution is -1.98. The molecule has 2 nitrogen and oxygen atoms in total. The Balaban J connectivity index is 2.76. The highest BCUT2D eigenvalue weighted by Crippen LogP contribution is 2.17. The van der Waals surface area contributed by atoms with Gasteiger partial charge < -0.3 is 10.5 Å². The molecule has 0 aliphatic heterocycles. The van der Waals surface area contributed by atoms with Gasteiger partial charge >= 0.3 is 0 Å². The fourth-order valence-corrected chi connectivity index (χ4v) is 1.22. The highest BCUT2D eigenvalue weighted by atomic mass is 16.5. The van der Waals surface area contributed by atoms with E-state index in [0.29, 0.717) is 6.54 Å². The fourth-order valence-electron chi connectivity index (χ4n) is 1.22. The molecule has 0 spiro atoms. The summed E-state index contributed by atoms with van der Waals surface area (Å²) in [4.78, 5) is 0. The van der Waals surface area contributed by atoms with Gasteiger partial charge in [-0.05, 0) is 30.7 Å². The van der Waals surface area contributed by atoms with Crippen molar-refractivity contribution in [2.45, 2.75) is 26.8 Å². The van der Waals surface area contributed by atoms with Crippen molar-refractivity contribution >= 4 is 0 Å². The van der Waals surface area contributed by atoms with Gasteiger partial charge in [0.05, 0.1) is 5.76 Å². The molecule has 0 atom stereocenters. The molecule has 1 aromatic carbocycles. The maximum absolute atomic E-state index is 5.66. The monoisotopic (exact) mass is 191 g/mol. The van der Waals surface area contributed by atoms with E-state index in [1.54, 1.807) is 0 Å². The van der Waals surface area contributed by atoms with Gasteiger partial charge in [-0.1, -0.05) is 19.1 Å². The zero-order valence-corrected chi connectivity index (χ0v) is 8.79. The lowest BCUT2D eigenvalue weighted by Gasteiger charge is -2.08. The fraction of sp³-hybridized carbons (Fsp3) is 0.333. The van der Waals surface area contributed by atoms with Crippen LogP contribution >= 0.6 is 0 Å². The number of allylic oxidation sites excluding steroid dienone is 2. The number of rotatable bonds is 4. The van der Waals surface area contributed by atoms with Gasteiger partial charge in [-0.3, -0.25) is 0 Å². The summed E-state index contributed by atoms with van der Waals surface area (Å²) < 4.78 is 5.66. The third-order valence-electron chi connectivity index (χ3n) is 2.05. The van der Waals surface area contributed by atoms with Gasteiger partial charge in [0, 0.05) is 13.0 Å². The number of hydrogen-bond acceptors (Lipinski definition) is 2. The minimum absolute atomic E-state index is 0.550. The largest absolute Gasteiger partial charge is 0.462 e. The molecular formula is C12H17NO. The van der Waals surface area contributed by atoms with Crippen LogP contribution < -0.4 is 10.5 Å². The van der Waals surface area contributed by atoms with Crippen molar-refractivity contribution in [2.75, 3.05) is 0 Å². The Bertz CT molecular complexity index is 318. The summed E-state index contributed by atoms with van der Waals surface area (Å²) >= 11 is 0. The van der Waals surface area contributed by atoms with Crippen molar-refractivity contribution in [2.24, 2.45) is 5.73 Å². The van der Waals surface area contributed by atoms with E-state index in [1.807, 2.05) is 37.3 Å². The normalized spacial score (nSPS) is 11.5. The summed E-state index contributed by atoms with van der Waals surface area (Å²) in [5.41, 5.74) is 6.64. The average Bonchev–Trinajstić information content (AvgIpc) is 2.26. The van der Waals surface area contributed by atoms with Crippen LogP contribution in [0.4, 0.5) is 0 Å². The molecular weight excluding hydrogens is 174 g/mol. The zero-order chi connectivity index (χ0) is 10.4. The molecule has 0 saturated heterocycles. The molecule has 14 heavy (non-hydrogen) atoms. The molecule has 0 aromatic heterocycles. The third-order valence-corrected chi connectivity index (χ3v) is 2.05. The standard InChI is InChI=1S/C12H17NO/c1-3-11(4-2)14-12-7-5-6-10(8-12)9-13/h3,5-8H,4,9,13H2,1-2H3. The lowest BCUT2D eigenvalue weighted by molar-refractivity contribution is 0.408. The zero-order valence-electron chi connectivity index (χ0n) is 8.79. The molecule has 76 valence electrons. The van der Waals surface area contributed by atoms with Crippen LogP contribution in [0.15, 0.2) is 36.1 Å². The minimum atomic E-state index is 0.550. The smallest absolute Gasteiger partial charge is 0.127 e.